The minimum Gasteiger partial charge on any atom is -0.481 e. The maximum absolute atomic E-state index is 12.5. The molecule has 0 saturated carbocycles. The zero-order valence-corrected chi connectivity index (χ0v) is 16.5. The maximum atomic E-state index is 12.5. The number of carboxylic acid groups (broad SMARTS) is 1. The monoisotopic (exact) mass is 406 g/mol. The minimum absolute atomic E-state index is 0.0676. The number of hydrogen-bond acceptors (Lipinski definition) is 5. The van der Waals surface area contributed by atoms with Crippen molar-refractivity contribution in [2.45, 2.75) is 31.8 Å². The molecule has 0 bridgehead atoms. The van der Waals surface area contributed by atoms with Gasteiger partial charge in [-0.1, -0.05) is 53.7 Å². The van der Waals surface area contributed by atoms with E-state index in [1.807, 2.05) is 43.3 Å². The van der Waals surface area contributed by atoms with E-state index in [1.54, 1.807) is 10.9 Å². The average Bonchev–Trinajstić information content (AvgIpc) is 3.35. The number of carbonyl (C=O) groups excluding carboxylic acids is 1. The molecule has 1 aromatic heterocycles. The summed E-state index contributed by atoms with van der Waals surface area (Å²) in [6, 6.07) is 15.3. The van der Waals surface area contributed by atoms with Crippen molar-refractivity contribution >= 4 is 12.1 Å². The third-order valence-electron chi connectivity index (χ3n) is 5.25. The van der Waals surface area contributed by atoms with E-state index in [4.69, 9.17) is 4.74 Å². The number of nitrogens with one attached hydrogen (secondary N) is 1. The third-order valence-corrected chi connectivity index (χ3v) is 5.25. The van der Waals surface area contributed by atoms with Crippen molar-refractivity contribution in [1.82, 2.24) is 20.3 Å². The number of ether oxygens (including phenoxy) is 1. The molecule has 8 nitrogen and oxygen atoms in total. The highest BCUT2D eigenvalue weighted by Gasteiger charge is 2.29. The van der Waals surface area contributed by atoms with Crippen LogP contribution in [0.2, 0.25) is 0 Å². The minimum atomic E-state index is -1.05. The molecule has 0 spiro atoms. The average molecular weight is 406 g/mol. The Morgan fingerprint density at radius 1 is 1.13 bits per heavy atom. The Morgan fingerprint density at radius 2 is 1.77 bits per heavy atom. The van der Waals surface area contributed by atoms with Crippen LogP contribution in [0.4, 0.5) is 4.79 Å². The SMILES string of the molecule is CCn1cc([C@@H](CC(=O)O)NC(=O)OCC2c3ccccc3-c3ccccc32)nn1. The van der Waals surface area contributed by atoms with Crippen LogP contribution in [0.25, 0.3) is 11.1 Å². The number of aryl methyl sites for hydroxylation is 1. The fraction of sp³-hybridized carbons (Fsp3) is 0.273. The normalized spacial score (nSPS) is 13.4. The number of aromatic nitrogens is 3. The first kappa shape index (κ1) is 19.6. The Morgan fingerprint density at radius 3 is 2.33 bits per heavy atom. The van der Waals surface area contributed by atoms with Crippen LogP contribution < -0.4 is 5.32 Å². The highest BCUT2D eigenvalue weighted by atomic mass is 16.5. The summed E-state index contributed by atoms with van der Waals surface area (Å²) in [5.41, 5.74) is 4.88. The molecule has 1 amide bonds. The number of fused-ring (bicyclic) bond motifs is 3. The van der Waals surface area contributed by atoms with E-state index in [0.717, 1.165) is 22.3 Å². The van der Waals surface area contributed by atoms with Gasteiger partial charge in [-0.3, -0.25) is 9.48 Å². The van der Waals surface area contributed by atoms with Gasteiger partial charge in [-0.15, -0.1) is 5.10 Å². The summed E-state index contributed by atoms with van der Waals surface area (Å²) in [5.74, 6) is -1.12. The number of hydrogen-bond donors (Lipinski definition) is 2. The smallest absolute Gasteiger partial charge is 0.407 e. The van der Waals surface area contributed by atoms with Gasteiger partial charge in [-0.2, -0.15) is 0 Å². The Bertz CT molecular complexity index is 1030. The number of amides is 1. The standard InChI is InChI=1S/C22H22N4O4/c1-2-26-12-20(24-25-26)19(11-21(27)28)23-22(29)30-13-18-16-9-5-3-7-14(16)15-8-4-6-10-17(15)18/h3-10,12,18-19H,2,11,13H2,1H3,(H,23,29)(H,27,28)/t19-/m1/s1. The lowest BCUT2D eigenvalue weighted by molar-refractivity contribution is -0.137. The summed E-state index contributed by atoms with van der Waals surface area (Å²) in [5, 5.41) is 19.7. The predicted molar refractivity (Wildman–Crippen MR) is 109 cm³/mol. The largest absolute Gasteiger partial charge is 0.481 e. The fourth-order valence-electron chi connectivity index (χ4n) is 3.81. The van der Waals surface area contributed by atoms with Gasteiger partial charge >= 0.3 is 12.1 Å². The van der Waals surface area contributed by atoms with Crippen LogP contribution in [0.1, 0.15) is 42.1 Å². The summed E-state index contributed by atoms with van der Waals surface area (Å²) in [7, 11) is 0. The molecule has 0 radical (unpaired) electrons. The van der Waals surface area contributed by atoms with Crippen molar-refractivity contribution in [2.75, 3.05) is 6.61 Å². The number of carboxylic acids is 1. The molecule has 1 heterocycles. The Kier molecular flexibility index (Phi) is 5.47. The lowest BCUT2D eigenvalue weighted by Crippen LogP contribution is -2.32. The Balaban J connectivity index is 1.47. The summed E-state index contributed by atoms with van der Waals surface area (Å²) in [6.07, 6.45) is 0.624. The molecule has 4 rings (SSSR count). The molecule has 0 saturated heterocycles. The lowest BCUT2D eigenvalue weighted by Gasteiger charge is -2.17. The second kappa shape index (κ2) is 8.36. The second-order valence-electron chi connectivity index (χ2n) is 7.12. The first-order valence-corrected chi connectivity index (χ1v) is 9.80. The zero-order valence-electron chi connectivity index (χ0n) is 16.5. The van der Waals surface area contributed by atoms with Crippen molar-refractivity contribution in [2.24, 2.45) is 0 Å². The Labute approximate surface area is 173 Å². The van der Waals surface area contributed by atoms with E-state index in [0.29, 0.717) is 12.2 Å². The van der Waals surface area contributed by atoms with Gasteiger partial charge in [-0.05, 0) is 29.2 Å². The lowest BCUT2D eigenvalue weighted by atomic mass is 9.98. The van der Waals surface area contributed by atoms with Gasteiger partial charge in [0.15, 0.2) is 0 Å². The van der Waals surface area contributed by atoms with E-state index >= 15 is 0 Å². The van der Waals surface area contributed by atoms with Crippen LogP contribution in [0.15, 0.2) is 54.7 Å². The quantitative estimate of drug-likeness (QED) is 0.623. The van der Waals surface area contributed by atoms with Crippen LogP contribution in [-0.4, -0.2) is 38.8 Å². The van der Waals surface area contributed by atoms with Gasteiger partial charge in [0.1, 0.15) is 12.3 Å². The van der Waals surface area contributed by atoms with E-state index in [9.17, 15) is 14.7 Å². The van der Waals surface area contributed by atoms with Crippen LogP contribution in [0.5, 0.6) is 0 Å². The number of rotatable bonds is 7. The molecule has 0 unspecified atom stereocenters. The van der Waals surface area contributed by atoms with E-state index in [2.05, 4.69) is 27.8 Å². The molecule has 2 N–H and O–H groups in total. The first-order valence-electron chi connectivity index (χ1n) is 9.80. The maximum Gasteiger partial charge on any atom is 0.407 e. The molecule has 1 aliphatic carbocycles. The van der Waals surface area contributed by atoms with Crippen molar-refractivity contribution in [3.63, 3.8) is 0 Å². The van der Waals surface area contributed by atoms with Crippen molar-refractivity contribution < 1.29 is 19.4 Å². The van der Waals surface area contributed by atoms with Crippen LogP contribution in [-0.2, 0) is 16.1 Å². The van der Waals surface area contributed by atoms with Crippen molar-refractivity contribution in [3.05, 3.63) is 71.5 Å². The molecule has 8 heteroatoms. The summed E-state index contributed by atoms with van der Waals surface area (Å²) >= 11 is 0. The predicted octanol–water partition coefficient (Wildman–Crippen LogP) is 3.35. The molecular weight excluding hydrogens is 384 g/mol. The van der Waals surface area contributed by atoms with Gasteiger partial charge in [0.05, 0.1) is 18.7 Å². The first-order chi connectivity index (χ1) is 14.6. The number of nitrogens with zero attached hydrogens (tertiary/aromatic N) is 3. The van der Waals surface area contributed by atoms with Gasteiger partial charge in [0, 0.05) is 12.5 Å². The zero-order chi connectivity index (χ0) is 21.1. The second-order valence-corrected chi connectivity index (χ2v) is 7.12. The highest BCUT2D eigenvalue weighted by molar-refractivity contribution is 5.79. The van der Waals surface area contributed by atoms with Crippen molar-refractivity contribution in [1.29, 1.82) is 0 Å². The van der Waals surface area contributed by atoms with E-state index < -0.39 is 18.1 Å². The molecule has 1 aliphatic rings. The number of carbonyl (C=O) groups is 2. The van der Waals surface area contributed by atoms with Gasteiger partial charge in [0.2, 0.25) is 0 Å². The molecule has 0 fully saturated rings. The molecular formula is C22H22N4O4. The van der Waals surface area contributed by atoms with Crippen LogP contribution in [0, 0.1) is 0 Å². The number of alkyl carbamates (subject to hydrolysis) is 1. The van der Waals surface area contributed by atoms with Crippen LogP contribution in [0.3, 0.4) is 0 Å². The fourth-order valence-corrected chi connectivity index (χ4v) is 3.81. The molecule has 154 valence electrons. The Hall–Kier alpha value is -3.68. The van der Waals surface area contributed by atoms with Gasteiger partial charge < -0.3 is 15.2 Å². The van der Waals surface area contributed by atoms with E-state index in [-0.39, 0.29) is 18.9 Å². The summed E-state index contributed by atoms with van der Waals surface area (Å²) in [4.78, 5) is 23.7. The topological polar surface area (TPSA) is 106 Å². The van der Waals surface area contributed by atoms with Crippen molar-refractivity contribution in [3.8, 4) is 11.1 Å². The molecule has 30 heavy (non-hydrogen) atoms. The number of benzene rings is 2. The molecule has 1 atom stereocenters. The number of aliphatic carboxylic acids is 1. The summed E-state index contributed by atoms with van der Waals surface area (Å²) < 4.78 is 7.08. The molecule has 3 aromatic rings. The van der Waals surface area contributed by atoms with E-state index in [1.165, 1.54) is 0 Å². The van der Waals surface area contributed by atoms with Gasteiger partial charge in [0.25, 0.3) is 0 Å². The van der Waals surface area contributed by atoms with Gasteiger partial charge in [-0.25, -0.2) is 4.79 Å². The molecule has 0 aliphatic heterocycles. The summed E-state index contributed by atoms with van der Waals surface area (Å²) in [6.45, 7) is 2.64. The van der Waals surface area contributed by atoms with Crippen LogP contribution >= 0.6 is 0 Å². The third kappa shape index (κ3) is 3.89. The highest BCUT2D eigenvalue weighted by Crippen LogP contribution is 2.44. The molecule has 2 aromatic carbocycles.